The van der Waals surface area contributed by atoms with Crippen LogP contribution < -0.4 is 5.73 Å². The van der Waals surface area contributed by atoms with Gasteiger partial charge in [0, 0.05) is 24.4 Å². The Bertz CT molecular complexity index is 545. The summed E-state index contributed by atoms with van der Waals surface area (Å²) in [6, 6.07) is 0. The molecule has 0 bridgehead atoms. The van der Waals surface area contributed by atoms with Gasteiger partial charge >= 0.3 is 0 Å². The Morgan fingerprint density at radius 1 is 1.24 bits per heavy atom. The zero-order valence-corrected chi connectivity index (χ0v) is 14.8. The van der Waals surface area contributed by atoms with E-state index in [1.54, 1.807) is 16.1 Å². The maximum atomic E-state index is 12.6. The summed E-state index contributed by atoms with van der Waals surface area (Å²) < 4.78 is 49.7. The Hall–Kier alpha value is 0.170. The van der Waals surface area contributed by atoms with E-state index >= 15 is 0 Å². The average molecular weight is 357 g/mol. The standard InChI is InChI=1S/C12H24N2O4S3/c1-19-12(10-13)4-6-14(7-5-12)21(17,18)11-2-8-20(15,16)9-3-11/h11H,2-10,13H2,1H3. The smallest absolute Gasteiger partial charge is 0.217 e. The molecule has 0 unspecified atom stereocenters. The summed E-state index contributed by atoms with van der Waals surface area (Å²) in [4.78, 5) is 0. The number of sulfone groups is 1. The van der Waals surface area contributed by atoms with Gasteiger partial charge in [0.2, 0.25) is 10.0 Å². The molecule has 0 spiro atoms. The molecule has 0 aromatic heterocycles. The molecule has 2 N–H and O–H groups in total. The van der Waals surface area contributed by atoms with Gasteiger partial charge in [-0.15, -0.1) is 0 Å². The third-order valence-corrected chi connectivity index (χ3v) is 10.3. The van der Waals surface area contributed by atoms with Crippen LogP contribution in [-0.4, -0.2) is 68.5 Å². The van der Waals surface area contributed by atoms with Crippen molar-refractivity contribution in [1.29, 1.82) is 0 Å². The van der Waals surface area contributed by atoms with E-state index in [1.165, 1.54) is 0 Å². The van der Waals surface area contributed by atoms with Crippen LogP contribution in [-0.2, 0) is 19.9 Å². The van der Waals surface area contributed by atoms with Crippen LogP contribution in [0, 0.1) is 0 Å². The molecule has 2 heterocycles. The summed E-state index contributed by atoms with van der Waals surface area (Å²) in [5, 5.41) is -0.541. The van der Waals surface area contributed by atoms with Crippen molar-refractivity contribution in [1.82, 2.24) is 4.31 Å². The molecule has 0 saturated carbocycles. The Morgan fingerprint density at radius 2 is 1.76 bits per heavy atom. The second-order valence-electron chi connectivity index (χ2n) is 5.89. The molecule has 124 valence electrons. The number of sulfonamides is 1. The van der Waals surface area contributed by atoms with Crippen LogP contribution in [0.5, 0.6) is 0 Å². The Balaban J connectivity index is 2.02. The topological polar surface area (TPSA) is 97.5 Å². The van der Waals surface area contributed by atoms with Gasteiger partial charge in [-0.1, -0.05) is 0 Å². The van der Waals surface area contributed by atoms with Crippen LogP contribution in [0.25, 0.3) is 0 Å². The van der Waals surface area contributed by atoms with E-state index in [9.17, 15) is 16.8 Å². The van der Waals surface area contributed by atoms with Crippen LogP contribution in [0.15, 0.2) is 0 Å². The summed E-state index contributed by atoms with van der Waals surface area (Å²) >= 11 is 1.72. The predicted octanol–water partition coefficient (Wildman–Crippen LogP) is 0.0497. The second kappa shape index (κ2) is 6.35. The van der Waals surface area contributed by atoms with Gasteiger partial charge in [-0.2, -0.15) is 11.8 Å². The van der Waals surface area contributed by atoms with Gasteiger partial charge in [-0.25, -0.2) is 21.1 Å². The number of nitrogens with two attached hydrogens (primary N) is 1. The summed E-state index contributed by atoms with van der Waals surface area (Å²) in [5.41, 5.74) is 5.82. The number of nitrogens with zero attached hydrogens (tertiary/aromatic N) is 1. The highest BCUT2D eigenvalue weighted by atomic mass is 32.2. The molecule has 0 aliphatic carbocycles. The van der Waals surface area contributed by atoms with E-state index in [-0.39, 0.29) is 29.1 Å². The summed E-state index contributed by atoms with van der Waals surface area (Å²) in [6.45, 7) is 1.54. The molecular formula is C12H24N2O4S3. The van der Waals surface area contributed by atoms with Crippen molar-refractivity contribution in [2.75, 3.05) is 37.4 Å². The van der Waals surface area contributed by atoms with Crippen LogP contribution >= 0.6 is 11.8 Å². The van der Waals surface area contributed by atoms with Crippen LogP contribution in [0.2, 0.25) is 0 Å². The van der Waals surface area contributed by atoms with Gasteiger partial charge in [0.15, 0.2) is 0 Å². The van der Waals surface area contributed by atoms with Crippen molar-refractivity contribution in [3.05, 3.63) is 0 Å². The molecular weight excluding hydrogens is 332 g/mol. The van der Waals surface area contributed by atoms with Crippen molar-refractivity contribution < 1.29 is 16.8 Å². The minimum Gasteiger partial charge on any atom is -0.329 e. The van der Waals surface area contributed by atoms with Gasteiger partial charge in [-0.3, -0.25) is 0 Å². The third kappa shape index (κ3) is 3.74. The molecule has 2 aliphatic heterocycles. The van der Waals surface area contributed by atoms with Gasteiger partial charge < -0.3 is 5.73 Å². The molecule has 2 saturated heterocycles. The highest BCUT2D eigenvalue weighted by Crippen LogP contribution is 2.35. The van der Waals surface area contributed by atoms with Crippen molar-refractivity contribution in [2.24, 2.45) is 5.73 Å². The SMILES string of the molecule is CSC1(CN)CCN(S(=O)(=O)C2CCS(=O)(=O)CC2)CC1. The number of hydrogen-bond donors (Lipinski definition) is 1. The Morgan fingerprint density at radius 3 is 2.19 bits per heavy atom. The van der Waals surface area contributed by atoms with Gasteiger partial charge in [-0.05, 0) is 31.9 Å². The first-order valence-corrected chi connectivity index (χ1v) is 11.7. The minimum absolute atomic E-state index is 0.0116. The lowest BCUT2D eigenvalue weighted by atomic mass is 9.97. The number of rotatable bonds is 4. The molecule has 0 aromatic carbocycles. The third-order valence-electron chi connectivity index (χ3n) is 4.72. The fraction of sp³-hybridized carbons (Fsp3) is 1.00. The van der Waals surface area contributed by atoms with Crippen molar-refractivity contribution >= 4 is 31.6 Å². The first-order valence-electron chi connectivity index (χ1n) is 7.19. The van der Waals surface area contributed by atoms with E-state index in [4.69, 9.17) is 5.73 Å². The number of hydrogen-bond acceptors (Lipinski definition) is 6. The molecule has 0 atom stereocenters. The van der Waals surface area contributed by atoms with Crippen molar-refractivity contribution in [3.8, 4) is 0 Å². The van der Waals surface area contributed by atoms with E-state index in [0.717, 1.165) is 12.8 Å². The van der Waals surface area contributed by atoms with Gasteiger partial charge in [0.05, 0.1) is 16.8 Å². The normalized spacial score (nSPS) is 27.5. The monoisotopic (exact) mass is 356 g/mol. The quantitative estimate of drug-likeness (QED) is 0.764. The summed E-state index contributed by atoms with van der Waals surface area (Å²) in [6.07, 6.45) is 3.99. The first-order chi connectivity index (χ1) is 9.75. The lowest BCUT2D eigenvalue weighted by molar-refractivity contribution is 0.297. The first kappa shape index (κ1) is 17.5. The van der Waals surface area contributed by atoms with Crippen molar-refractivity contribution in [3.63, 3.8) is 0 Å². The molecule has 2 aliphatic rings. The lowest BCUT2D eigenvalue weighted by Crippen LogP contribution is -2.51. The average Bonchev–Trinajstić information content (AvgIpc) is 2.47. The Labute approximate surface area is 131 Å². The number of thioether (sulfide) groups is 1. The molecule has 6 nitrogen and oxygen atoms in total. The second-order valence-corrected chi connectivity index (χ2v) is 11.7. The van der Waals surface area contributed by atoms with Crippen molar-refractivity contribution in [2.45, 2.75) is 35.7 Å². The van der Waals surface area contributed by atoms with Gasteiger partial charge in [0.25, 0.3) is 0 Å². The van der Waals surface area contributed by atoms with E-state index in [0.29, 0.717) is 19.6 Å². The summed E-state index contributed by atoms with van der Waals surface area (Å²) in [7, 11) is -6.42. The van der Waals surface area contributed by atoms with Gasteiger partial charge in [0.1, 0.15) is 9.84 Å². The van der Waals surface area contributed by atoms with Crippen LogP contribution in [0.3, 0.4) is 0 Å². The van der Waals surface area contributed by atoms with Crippen LogP contribution in [0.1, 0.15) is 25.7 Å². The van der Waals surface area contributed by atoms with E-state index in [2.05, 4.69) is 0 Å². The maximum absolute atomic E-state index is 12.6. The molecule has 0 aromatic rings. The maximum Gasteiger partial charge on any atom is 0.217 e. The lowest BCUT2D eigenvalue weighted by Gasteiger charge is -2.40. The molecule has 9 heteroatoms. The highest BCUT2D eigenvalue weighted by molar-refractivity contribution is 8.00. The van der Waals surface area contributed by atoms with E-state index < -0.39 is 25.1 Å². The zero-order chi connectivity index (χ0) is 15.7. The minimum atomic E-state index is -3.38. The Kier molecular flexibility index (Phi) is 5.30. The fourth-order valence-corrected chi connectivity index (χ4v) is 7.51. The molecule has 0 radical (unpaired) electrons. The molecule has 2 rings (SSSR count). The van der Waals surface area contributed by atoms with Crippen LogP contribution in [0.4, 0.5) is 0 Å². The molecule has 2 fully saturated rings. The molecule has 21 heavy (non-hydrogen) atoms. The molecule has 0 amide bonds. The number of piperidine rings is 1. The zero-order valence-electron chi connectivity index (χ0n) is 12.3. The largest absolute Gasteiger partial charge is 0.329 e. The predicted molar refractivity (Wildman–Crippen MR) is 86.7 cm³/mol. The fourth-order valence-electron chi connectivity index (χ4n) is 3.02. The summed E-state index contributed by atoms with van der Waals surface area (Å²) in [5.74, 6) is -0.0232. The highest BCUT2D eigenvalue weighted by Gasteiger charge is 2.41. The van der Waals surface area contributed by atoms with E-state index in [1.807, 2.05) is 6.26 Å².